The number of aromatic nitrogens is 5. The zero-order valence-corrected chi connectivity index (χ0v) is 20.8. The Balaban J connectivity index is 1.50. The molecule has 4 aromatic heterocycles. The van der Waals surface area contributed by atoms with Crippen LogP contribution < -0.4 is 10.3 Å². The Morgan fingerprint density at radius 1 is 1.16 bits per heavy atom. The van der Waals surface area contributed by atoms with E-state index >= 15 is 0 Å². The van der Waals surface area contributed by atoms with Gasteiger partial charge in [-0.25, -0.2) is 9.78 Å². The van der Waals surface area contributed by atoms with Gasteiger partial charge in [0.15, 0.2) is 0 Å². The van der Waals surface area contributed by atoms with Crippen LogP contribution in [0.3, 0.4) is 0 Å². The number of nitrogens with zero attached hydrogens (tertiary/aromatic N) is 5. The number of carboxylic acids is 1. The van der Waals surface area contributed by atoms with Crippen LogP contribution in [0.25, 0.3) is 22.2 Å². The fraction of sp³-hybridized carbons (Fsp3) is 0.148. The van der Waals surface area contributed by atoms with Crippen molar-refractivity contribution in [2.24, 2.45) is 7.05 Å². The minimum absolute atomic E-state index is 0.0870. The van der Waals surface area contributed by atoms with Crippen molar-refractivity contribution in [1.82, 2.24) is 24.3 Å². The summed E-state index contributed by atoms with van der Waals surface area (Å²) in [4.78, 5) is 32.9. The average molecular weight is 516 g/mol. The van der Waals surface area contributed by atoms with Gasteiger partial charge in [-0.15, -0.1) is 0 Å². The Kier molecular flexibility index (Phi) is 6.45. The first kappa shape index (κ1) is 24.2. The van der Waals surface area contributed by atoms with Crippen LogP contribution in [-0.2, 0) is 20.2 Å². The van der Waals surface area contributed by atoms with Crippen LogP contribution in [0.15, 0.2) is 72.0 Å². The van der Waals surface area contributed by atoms with E-state index in [9.17, 15) is 14.7 Å². The second-order valence-electron chi connectivity index (χ2n) is 8.51. The van der Waals surface area contributed by atoms with Crippen LogP contribution >= 0.6 is 11.6 Å². The van der Waals surface area contributed by atoms with Gasteiger partial charge in [0.1, 0.15) is 23.4 Å². The van der Waals surface area contributed by atoms with Gasteiger partial charge in [0.25, 0.3) is 5.56 Å². The molecule has 0 aliphatic rings. The van der Waals surface area contributed by atoms with Gasteiger partial charge in [-0.05, 0) is 42.8 Å². The predicted molar refractivity (Wildman–Crippen MR) is 139 cm³/mol. The molecule has 0 amide bonds. The number of carbonyl (C=O) groups is 1. The highest BCUT2D eigenvalue weighted by molar-refractivity contribution is 6.31. The largest absolute Gasteiger partial charge is 0.487 e. The first-order valence-electron chi connectivity index (χ1n) is 11.4. The molecule has 0 spiro atoms. The molecule has 9 nitrogen and oxygen atoms in total. The van der Waals surface area contributed by atoms with E-state index in [0.29, 0.717) is 27.4 Å². The topological polar surface area (TPSA) is 112 Å². The van der Waals surface area contributed by atoms with Crippen molar-refractivity contribution in [3.05, 3.63) is 105 Å². The van der Waals surface area contributed by atoms with Crippen molar-refractivity contribution in [3.8, 4) is 17.0 Å². The Morgan fingerprint density at radius 3 is 2.76 bits per heavy atom. The van der Waals surface area contributed by atoms with E-state index in [4.69, 9.17) is 21.3 Å². The Bertz CT molecular complexity index is 1710. The number of benzene rings is 1. The number of ether oxygens (including phenoxy) is 1. The molecule has 1 aromatic carbocycles. The number of para-hydroxylation sites is 1. The summed E-state index contributed by atoms with van der Waals surface area (Å²) in [6, 6.07) is 12.5. The third-order valence-corrected chi connectivity index (χ3v) is 6.41. The van der Waals surface area contributed by atoms with E-state index in [0.717, 1.165) is 22.3 Å². The van der Waals surface area contributed by atoms with Gasteiger partial charge in [-0.2, -0.15) is 5.10 Å². The molecule has 0 radical (unpaired) electrons. The van der Waals surface area contributed by atoms with Crippen LogP contribution in [0, 0.1) is 6.92 Å². The molecule has 0 bridgehead atoms. The van der Waals surface area contributed by atoms with E-state index in [-0.39, 0.29) is 18.7 Å². The molecule has 0 unspecified atom stereocenters. The van der Waals surface area contributed by atoms with Gasteiger partial charge in [0.2, 0.25) is 0 Å². The standard InChI is InChI=1S/C27H22ClN5O4/c1-16-11-20(23-8-9-30-32(23)2)18-5-3-7-24(25(18)31-16)37-15-21-17(12-29-13-22(21)28)14-33-10-4-6-19(26(33)34)27(35)36/h3-13H,14-15H2,1-2H3,(H,35,36). The summed E-state index contributed by atoms with van der Waals surface area (Å²) in [5, 5.41) is 14.9. The first-order valence-corrected chi connectivity index (χ1v) is 11.8. The first-order chi connectivity index (χ1) is 17.8. The van der Waals surface area contributed by atoms with Crippen LogP contribution in [0.2, 0.25) is 5.02 Å². The number of hydrogen-bond acceptors (Lipinski definition) is 6. The summed E-state index contributed by atoms with van der Waals surface area (Å²) in [5.41, 5.74) is 3.85. The maximum absolute atomic E-state index is 12.6. The quantitative estimate of drug-likeness (QED) is 0.340. The van der Waals surface area contributed by atoms with Crippen LogP contribution in [0.5, 0.6) is 5.75 Å². The van der Waals surface area contributed by atoms with Crippen molar-refractivity contribution in [1.29, 1.82) is 0 Å². The lowest BCUT2D eigenvalue weighted by Gasteiger charge is -2.16. The summed E-state index contributed by atoms with van der Waals surface area (Å²) in [7, 11) is 1.89. The zero-order chi connectivity index (χ0) is 26.1. The van der Waals surface area contributed by atoms with Crippen LogP contribution in [0.1, 0.15) is 27.2 Å². The lowest BCUT2D eigenvalue weighted by atomic mass is 10.0. The van der Waals surface area contributed by atoms with E-state index in [1.807, 2.05) is 49.0 Å². The van der Waals surface area contributed by atoms with Gasteiger partial charge >= 0.3 is 5.97 Å². The van der Waals surface area contributed by atoms with Gasteiger partial charge in [-0.1, -0.05) is 23.7 Å². The minimum Gasteiger partial charge on any atom is -0.487 e. The van der Waals surface area contributed by atoms with Gasteiger partial charge in [-0.3, -0.25) is 14.5 Å². The molecule has 0 saturated carbocycles. The van der Waals surface area contributed by atoms with Crippen molar-refractivity contribution >= 4 is 28.5 Å². The molecule has 5 aromatic rings. The summed E-state index contributed by atoms with van der Waals surface area (Å²) >= 11 is 6.49. The van der Waals surface area contributed by atoms with Crippen LogP contribution in [0.4, 0.5) is 0 Å². The Labute approximate surface area is 216 Å². The smallest absolute Gasteiger partial charge is 0.341 e. The molecule has 37 heavy (non-hydrogen) atoms. The number of halogens is 1. The zero-order valence-electron chi connectivity index (χ0n) is 20.1. The van der Waals surface area contributed by atoms with E-state index in [1.165, 1.54) is 29.1 Å². The maximum atomic E-state index is 12.6. The molecule has 186 valence electrons. The minimum atomic E-state index is -1.28. The SMILES string of the molecule is Cc1cc(-c2ccnn2C)c2cccc(OCc3c(Cl)cncc3Cn3cccc(C(=O)O)c3=O)c2n1. The molecule has 5 rings (SSSR count). The maximum Gasteiger partial charge on any atom is 0.341 e. The molecule has 0 atom stereocenters. The molecular formula is C27H22ClN5O4. The van der Waals surface area contributed by atoms with Crippen molar-refractivity contribution in [3.63, 3.8) is 0 Å². The van der Waals surface area contributed by atoms with Crippen molar-refractivity contribution in [2.75, 3.05) is 0 Å². The normalized spacial score (nSPS) is 11.1. The van der Waals surface area contributed by atoms with Gasteiger partial charge in [0.05, 0.1) is 17.3 Å². The lowest BCUT2D eigenvalue weighted by Crippen LogP contribution is -2.26. The fourth-order valence-corrected chi connectivity index (χ4v) is 4.51. The fourth-order valence-electron chi connectivity index (χ4n) is 4.27. The Morgan fingerprint density at radius 2 is 2.00 bits per heavy atom. The molecule has 0 fully saturated rings. The summed E-state index contributed by atoms with van der Waals surface area (Å²) in [5.74, 6) is -0.704. The molecule has 10 heteroatoms. The number of aromatic carboxylic acids is 1. The second kappa shape index (κ2) is 9.87. The number of hydrogen-bond donors (Lipinski definition) is 1. The third-order valence-electron chi connectivity index (χ3n) is 6.08. The van der Waals surface area contributed by atoms with Crippen molar-refractivity contribution in [2.45, 2.75) is 20.1 Å². The third kappa shape index (κ3) is 4.68. The molecule has 0 aliphatic carbocycles. The number of fused-ring (bicyclic) bond motifs is 1. The van der Waals surface area contributed by atoms with E-state index < -0.39 is 11.5 Å². The van der Waals surface area contributed by atoms with E-state index in [1.54, 1.807) is 12.4 Å². The summed E-state index contributed by atoms with van der Waals surface area (Å²) < 4.78 is 9.36. The number of pyridine rings is 3. The van der Waals surface area contributed by atoms with E-state index in [2.05, 4.69) is 10.1 Å². The molecule has 4 heterocycles. The molecular weight excluding hydrogens is 494 g/mol. The van der Waals surface area contributed by atoms with Crippen LogP contribution in [-0.4, -0.2) is 35.4 Å². The van der Waals surface area contributed by atoms with Crippen molar-refractivity contribution < 1.29 is 14.6 Å². The summed E-state index contributed by atoms with van der Waals surface area (Å²) in [6.45, 7) is 2.11. The van der Waals surface area contributed by atoms with Gasteiger partial charge < -0.3 is 14.4 Å². The second-order valence-corrected chi connectivity index (χ2v) is 8.92. The number of rotatable bonds is 7. The van der Waals surface area contributed by atoms with Gasteiger partial charge in [0, 0.05) is 54.0 Å². The predicted octanol–water partition coefficient (Wildman–Crippen LogP) is 4.48. The summed E-state index contributed by atoms with van der Waals surface area (Å²) in [6.07, 6.45) is 6.38. The molecule has 0 aliphatic heterocycles. The highest BCUT2D eigenvalue weighted by Crippen LogP contribution is 2.33. The molecule has 1 N–H and O–H groups in total. The average Bonchev–Trinajstić information content (AvgIpc) is 3.30. The number of aryl methyl sites for hydroxylation is 2. The monoisotopic (exact) mass is 515 g/mol. The Hall–Kier alpha value is -4.50. The highest BCUT2D eigenvalue weighted by atomic mass is 35.5. The lowest BCUT2D eigenvalue weighted by molar-refractivity contribution is 0.0694. The number of carboxylic acid groups (broad SMARTS) is 1. The highest BCUT2D eigenvalue weighted by Gasteiger charge is 2.16. The molecule has 0 saturated heterocycles.